The SMILES string of the molecule is O=C(NCCCO)c1nn(-c2cccc(Br)c2)c2c1CCCC2. The van der Waals surface area contributed by atoms with Crippen LogP contribution >= 0.6 is 15.9 Å². The predicted octanol–water partition coefficient (Wildman–Crippen LogP) is 2.63. The molecule has 3 rings (SSSR count). The lowest BCUT2D eigenvalue weighted by molar-refractivity contribution is 0.0944. The van der Waals surface area contributed by atoms with Gasteiger partial charge in [0, 0.05) is 28.9 Å². The fourth-order valence-corrected chi connectivity index (χ4v) is 3.35. The molecule has 0 spiro atoms. The van der Waals surface area contributed by atoms with Crippen LogP contribution in [0, 0.1) is 0 Å². The Kier molecular flexibility index (Phi) is 5.13. The first-order valence-electron chi connectivity index (χ1n) is 7.96. The molecule has 1 aromatic heterocycles. The maximum atomic E-state index is 12.4. The van der Waals surface area contributed by atoms with Crippen LogP contribution in [0.5, 0.6) is 0 Å². The zero-order chi connectivity index (χ0) is 16.2. The number of carbonyl (C=O) groups is 1. The highest BCUT2D eigenvalue weighted by molar-refractivity contribution is 9.10. The van der Waals surface area contributed by atoms with Crippen molar-refractivity contribution in [2.75, 3.05) is 13.2 Å². The summed E-state index contributed by atoms with van der Waals surface area (Å²) in [6, 6.07) is 7.95. The summed E-state index contributed by atoms with van der Waals surface area (Å²) in [4.78, 5) is 12.4. The van der Waals surface area contributed by atoms with Gasteiger partial charge in [-0.1, -0.05) is 22.0 Å². The van der Waals surface area contributed by atoms with Crippen LogP contribution < -0.4 is 5.32 Å². The number of amides is 1. The molecule has 0 fully saturated rings. The molecule has 1 aliphatic carbocycles. The molecule has 6 heteroatoms. The van der Waals surface area contributed by atoms with Crippen molar-refractivity contribution in [3.63, 3.8) is 0 Å². The molecular formula is C17H20BrN3O2. The van der Waals surface area contributed by atoms with E-state index in [9.17, 15) is 4.79 Å². The minimum Gasteiger partial charge on any atom is -0.396 e. The minimum atomic E-state index is -0.148. The predicted molar refractivity (Wildman–Crippen MR) is 91.9 cm³/mol. The molecule has 1 aliphatic rings. The van der Waals surface area contributed by atoms with E-state index in [4.69, 9.17) is 5.11 Å². The number of carbonyl (C=O) groups excluding carboxylic acids is 1. The standard InChI is InChI=1S/C17H20BrN3O2/c18-12-5-3-6-13(11-12)21-15-8-2-1-7-14(15)16(20-21)17(23)19-9-4-10-22/h3,5-6,11,22H,1-2,4,7-10H2,(H,19,23). The summed E-state index contributed by atoms with van der Waals surface area (Å²) < 4.78 is 2.89. The van der Waals surface area contributed by atoms with Gasteiger partial charge in [0.2, 0.25) is 0 Å². The van der Waals surface area contributed by atoms with Crippen molar-refractivity contribution in [2.24, 2.45) is 0 Å². The van der Waals surface area contributed by atoms with Gasteiger partial charge in [0.25, 0.3) is 5.91 Å². The molecule has 2 N–H and O–H groups in total. The van der Waals surface area contributed by atoms with Crippen LogP contribution in [-0.2, 0) is 12.8 Å². The Morgan fingerprint density at radius 2 is 2.17 bits per heavy atom. The lowest BCUT2D eigenvalue weighted by Gasteiger charge is -2.14. The summed E-state index contributed by atoms with van der Waals surface area (Å²) in [5.41, 5.74) is 3.70. The molecule has 1 amide bonds. The summed E-state index contributed by atoms with van der Waals surface area (Å²) in [6.07, 6.45) is 4.61. The van der Waals surface area contributed by atoms with Gasteiger partial charge in [0.15, 0.2) is 5.69 Å². The molecule has 1 aromatic carbocycles. The quantitative estimate of drug-likeness (QED) is 0.787. The summed E-state index contributed by atoms with van der Waals surface area (Å²) in [5.74, 6) is -0.148. The van der Waals surface area contributed by atoms with Gasteiger partial charge in [-0.25, -0.2) is 4.68 Å². The van der Waals surface area contributed by atoms with E-state index in [-0.39, 0.29) is 12.5 Å². The summed E-state index contributed by atoms with van der Waals surface area (Å²) >= 11 is 3.49. The van der Waals surface area contributed by atoms with Gasteiger partial charge in [-0.15, -0.1) is 0 Å². The highest BCUT2D eigenvalue weighted by Gasteiger charge is 2.25. The van der Waals surface area contributed by atoms with Gasteiger partial charge in [-0.05, 0) is 50.3 Å². The van der Waals surface area contributed by atoms with E-state index in [0.717, 1.165) is 47.1 Å². The molecule has 0 atom stereocenters. The number of hydrogen-bond donors (Lipinski definition) is 2. The first-order chi connectivity index (χ1) is 11.2. The summed E-state index contributed by atoms with van der Waals surface area (Å²) in [5, 5.41) is 16.3. The number of nitrogens with zero attached hydrogens (tertiary/aromatic N) is 2. The van der Waals surface area contributed by atoms with E-state index >= 15 is 0 Å². The molecule has 1 heterocycles. The van der Waals surface area contributed by atoms with E-state index in [1.165, 1.54) is 0 Å². The highest BCUT2D eigenvalue weighted by Crippen LogP contribution is 2.27. The molecule has 0 unspecified atom stereocenters. The van der Waals surface area contributed by atoms with Gasteiger partial charge < -0.3 is 10.4 Å². The minimum absolute atomic E-state index is 0.0743. The summed E-state index contributed by atoms with van der Waals surface area (Å²) in [7, 11) is 0. The number of aliphatic hydroxyl groups excluding tert-OH is 1. The molecule has 2 aromatic rings. The van der Waals surface area contributed by atoms with E-state index < -0.39 is 0 Å². The molecule has 5 nitrogen and oxygen atoms in total. The van der Waals surface area contributed by atoms with Crippen LogP contribution in [0.3, 0.4) is 0 Å². The second kappa shape index (κ2) is 7.27. The van der Waals surface area contributed by atoms with Crippen molar-refractivity contribution < 1.29 is 9.90 Å². The van der Waals surface area contributed by atoms with Crippen molar-refractivity contribution in [3.8, 4) is 5.69 Å². The number of halogens is 1. The van der Waals surface area contributed by atoms with Crippen molar-refractivity contribution in [1.82, 2.24) is 15.1 Å². The van der Waals surface area contributed by atoms with E-state index in [1.807, 2.05) is 28.9 Å². The number of aromatic nitrogens is 2. The van der Waals surface area contributed by atoms with Crippen molar-refractivity contribution in [3.05, 3.63) is 45.7 Å². The third-order valence-electron chi connectivity index (χ3n) is 4.07. The van der Waals surface area contributed by atoms with Gasteiger partial charge in [0.1, 0.15) is 0 Å². The molecule has 0 aliphatic heterocycles. The monoisotopic (exact) mass is 377 g/mol. The smallest absolute Gasteiger partial charge is 0.272 e. The van der Waals surface area contributed by atoms with Gasteiger partial charge in [0.05, 0.1) is 5.69 Å². The third-order valence-corrected chi connectivity index (χ3v) is 4.56. The Hall–Kier alpha value is -1.66. The molecule has 0 bridgehead atoms. The normalized spacial score (nSPS) is 13.7. The molecule has 0 saturated carbocycles. The number of nitrogens with one attached hydrogen (secondary N) is 1. The fourth-order valence-electron chi connectivity index (χ4n) is 2.97. The number of hydrogen-bond acceptors (Lipinski definition) is 3. The molecule has 122 valence electrons. The second-order valence-corrected chi connectivity index (χ2v) is 6.62. The highest BCUT2D eigenvalue weighted by atomic mass is 79.9. The number of benzene rings is 1. The average Bonchev–Trinajstić information content (AvgIpc) is 2.95. The Morgan fingerprint density at radius 3 is 2.96 bits per heavy atom. The molecule has 0 radical (unpaired) electrons. The van der Waals surface area contributed by atoms with Gasteiger partial charge in [-0.3, -0.25) is 4.79 Å². The van der Waals surface area contributed by atoms with Crippen LogP contribution in [0.1, 0.15) is 41.0 Å². The number of rotatable bonds is 5. The Labute approximate surface area is 143 Å². The van der Waals surface area contributed by atoms with Crippen LogP contribution in [0.25, 0.3) is 5.69 Å². The first-order valence-corrected chi connectivity index (χ1v) is 8.76. The second-order valence-electron chi connectivity index (χ2n) is 5.71. The number of aliphatic hydroxyl groups is 1. The van der Waals surface area contributed by atoms with E-state index in [2.05, 4.69) is 26.3 Å². The van der Waals surface area contributed by atoms with Crippen LogP contribution in [0.4, 0.5) is 0 Å². The van der Waals surface area contributed by atoms with Crippen molar-refractivity contribution >= 4 is 21.8 Å². The number of fused-ring (bicyclic) bond motifs is 1. The van der Waals surface area contributed by atoms with Crippen molar-refractivity contribution in [1.29, 1.82) is 0 Å². The molecular weight excluding hydrogens is 358 g/mol. The first kappa shape index (κ1) is 16.2. The fraction of sp³-hybridized carbons (Fsp3) is 0.412. The van der Waals surface area contributed by atoms with Crippen LogP contribution in [0.2, 0.25) is 0 Å². The van der Waals surface area contributed by atoms with E-state index in [1.54, 1.807) is 0 Å². The zero-order valence-corrected chi connectivity index (χ0v) is 14.5. The van der Waals surface area contributed by atoms with Crippen LogP contribution in [0.15, 0.2) is 28.7 Å². The lowest BCUT2D eigenvalue weighted by Crippen LogP contribution is -2.26. The lowest BCUT2D eigenvalue weighted by atomic mass is 9.95. The van der Waals surface area contributed by atoms with Crippen molar-refractivity contribution in [2.45, 2.75) is 32.1 Å². The summed E-state index contributed by atoms with van der Waals surface area (Å²) in [6.45, 7) is 0.540. The Balaban J connectivity index is 1.96. The largest absolute Gasteiger partial charge is 0.396 e. The third kappa shape index (κ3) is 3.48. The maximum Gasteiger partial charge on any atom is 0.272 e. The van der Waals surface area contributed by atoms with Gasteiger partial charge >= 0.3 is 0 Å². The zero-order valence-electron chi connectivity index (χ0n) is 12.9. The molecule has 0 saturated heterocycles. The van der Waals surface area contributed by atoms with Gasteiger partial charge in [-0.2, -0.15) is 5.10 Å². The Morgan fingerprint density at radius 1 is 1.35 bits per heavy atom. The average molecular weight is 378 g/mol. The molecule has 23 heavy (non-hydrogen) atoms. The topological polar surface area (TPSA) is 67.2 Å². The van der Waals surface area contributed by atoms with E-state index in [0.29, 0.717) is 18.7 Å². The van der Waals surface area contributed by atoms with Crippen LogP contribution in [-0.4, -0.2) is 33.9 Å². The Bertz CT molecular complexity index is 712. The maximum absolute atomic E-state index is 12.4.